The summed E-state index contributed by atoms with van der Waals surface area (Å²) in [4.78, 5) is 28.7. The van der Waals surface area contributed by atoms with Gasteiger partial charge in [0.15, 0.2) is 0 Å². The van der Waals surface area contributed by atoms with E-state index in [1.54, 1.807) is 55.5 Å². The van der Waals surface area contributed by atoms with Gasteiger partial charge in [-0.25, -0.2) is 4.98 Å². The fourth-order valence-corrected chi connectivity index (χ4v) is 3.25. The molecule has 0 unspecified atom stereocenters. The molecule has 2 aromatic carbocycles. The monoisotopic (exact) mass is 394 g/mol. The van der Waals surface area contributed by atoms with Crippen molar-refractivity contribution >= 4 is 23.5 Å². The van der Waals surface area contributed by atoms with E-state index < -0.39 is 17.4 Å². The first-order chi connectivity index (χ1) is 13.4. The average Bonchev–Trinajstić information content (AvgIpc) is 2.68. The van der Waals surface area contributed by atoms with Crippen molar-refractivity contribution in [3.63, 3.8) is 0 Å². The first kappa shape index (κ1) is 19.6. The van der Waals surface area contributed by atoms with Gasteiger partial charge in [-0.2, -0.15) is 0 Å². The summed E-state index contributed by atoms with van der Waals surface area (Å²) in [6.07, 6.45) is -0.257. The molecule has 28 heavy (non-hydrogen) atoms. The topological polar surface area (TPSA) is 79.3 Å². The van der Waals surface area contributed by atoms with E-state index in [1.807, 2.05) is 24.3 Å². The molecule has 0 aliphatic heterocycles. The Labute approximate surface area is 168 Å². The Morgan fingerprint density at radius 2 is 1.68 bits per heavy atom. The summed E-state index contributed by atoms with van der Waals surface area (Å²) < 4.78 is 0. The standard InChI is InChI=1S/C22H19ClN2O3/c1-22(14-20(26)27,15-8-3-2-4-9-15)25-21(28)19-13-7-12-18(24-19)16-10-5-6-11-17(16)23/h2-13H,14H2,1H3,(H,25,28)(H,26,27)/t22-/m0/s1. The highest BCUT2D eigenvalue weighted by molar-refractivity contribution is 6.33. The number of benzene rings is 2. The molecule has 3 rings (SSSR count). The highest BCUT2D eigenvalue weighted by atomic mass is 35.5. The normalized spacial score (nSPS) is 12.8. The molecule has 0 aliphatic carbocycles. The summed E-state index contributed by atoms with van der Waals surface area (Å²) in [7, 11) is 0. The summed E-state index contributed by atoms with van der Waals surface area (Å²) in [6, 6.07) is 21.3. The average molecular weight is 395 g/mol. The van der Waals surface area contributed by atoms with Gasteiger partial charge in [0, 0.05) is 10.6 Å². The van der Waals surface area contributed by atoms with Gasteiger partial charge in [-0.05, 0) is 30.7 Å². The lowest BCUT2D eigenvalue weighted by molar-refractivity contribution is -0.138. The number of pyridine rings is 1. The summed E-state index contributed by atoms with van der Waals surface area (Å²) in [6.45, 7) is 1.69. The Bertz CT molecular complexity index is 1010. The van der Waals surface area contributed by atoms with Crippen LogP contribution in [0.25, 0.3) is 11.3 Å². The molecular formula is C22H19ClN2O3. The third-order valence-corrected chi connectivity index (χ3v) is 4.77. The maximum absolute atomic E-state index is 12.9. The minimum Gasteiger partial charge on any atom is -0.481 e. The Balaban J connectivity index is 1.92. The van der Waals surface area contributed by atoms with Crippen LogP contribution in [0.3, 0.4) is 0 Å². The van der Waals surface area contributed by atoms with E-state index in [9.17, 15) is 14.7 Å². The maximum Gasteiger partial charge on any atom is 0.306 e. The molecular weight excluding hydrogens is 376 g/mol. The van der Waals surface area contributed by atoms with Crippen molar-refractivity contribution in [1.29, 1.82) is 0 Å². The van der Waals surface area contributed by atoms with Gasteiger partial charge in [0.2, 0.25) is 0 Å². The first-order valence-corrected chi connectivity index (χ1v) is 9.09. The Kier molecular flexibility index (Phi) is 5.76. The van der Waals surface area contributed by atoms with E-state index >= 15 is 0 Å². The number of carboxylic acids is 1. The minimum absolute atomic E-state index is 0.185. The fourth-order valence-electron chi connectivity index (χ4n) is 3.02. The van der Waals surface area contributed by atoms with Gasteiger partial charge >= 0.3 is 5.97 Å². The van der Waals surface area contributed by atoms with E-state index in [0.717, 1.165) is 5.56 Å². The Morgan fingerprint density at radius 1 is 1.00 bits per heavy atom. The fraction of sp³-hybridized carbons (Fsp3) is 0.136. The number of nitrogens with zero attached hydrogens (tertiary/aromatic N) is 1. The molecule has 0 fully saturated rings. The molecule has 142 valence electrons. The minimum atomic E-state index is -1.08. The lowest BCUT2D eigenvalue weighted by Crippen LogP contribution is -2.45. The molecule has 2 N–H and O–H groups in total. The second-order valence-electron chi connectivity index (χ2n) is 6.61. The SMILES string of the molecule is C[C@@](CC(=O)O)(NC(=O)c1cccc(-c2ccccc2Cl)n1)c1ccccc1. The van der Waals surface area contributed by atoms with Gasteiger partial charge in [-0.1, -0.05) is 66.2 Å². The molecule has 0 spiro atoms. The van der Waals surface area contributed by atoms with Crippen LogP contribution in [-0.2, 0) is 10.3 Å². The summed E-state index contributed by atoms with van der Waals surface area (Å²) in [5.41, 5.74) is 1.10. The van der Waals surface area contributed by atoms with Crippen molar-refractivity contribution in [3.8, 4) is 11.3 Å². The van der Waals surface area contributed by atoms with Crippen molar-refractivity contribution in [2.24, 2.45) is 0 Å². The smallest absolute Gasteiger partial charge is 0.306 e. The molecule has 0 radical (unpaired) electrons. The van der Waals surface area contributed by atoms with Gasteiger partial charge in [-0.15, -0.1) is 0 Å². The zero-order valence-corrected chi connectivity index (χ0v) is 16.0. The predicted octanol–water partition coefficient (Wildman–Crippen LogP) is 4.52. The van der Waals surface area contributed by atoms with Crippen LogP contribution in [0.15, 0.2) is 72.8 Å². The lowest BCUT2D eigenvalue weighted by Gasteiger charge is -2.30. The quantitative estimate of drug-likeness (QED) is 0.644. The van der Waals surface area contributed by atoms with Gasteiger partial charge in [0.25, 0.3) is 5.91 Å². The van der Waals surface area contributed by atoms with Crippen molar-refractivity contribution in [2.75, 3.05) is 0 Å². The van der Waals surface area contributed by atoms with Crippen molar-refractivity contribution in [1.82, 2.24) is 10.3 Å². The predicted molar refractivity (Wildman–Crippen MR) is 108 cm³/mol. The molecule has 5 nitrogen and oxygen atoms in total. The Morgan fingerprint density at radius 3 is 2.36 bits per heavy atom. The maximum atomic E-state index is 12.9. The number of hydrogen-bond donors (Lipinski definition) is 2. The number of carbonyl (C=O) groups is 2. The van der Waals surface area contributed by atoms with Crippen molar-refractivity contribution in [2.45, 2.75) is 18.9 Å². The molecule has 3 aromatic rings. The van der Waals surface area contributed by atoms with E-state index in [0.29, 0.717) is 16.3 Å². The summed E-state index contributed by atoms with van der Waals surface area (Å²) >= 11 is 6.23. The van der Waals surface area contributed by atoms with Gasteiger partial charge in [-0.3, -0.25) is 9.59 Å². The lowest BCUT2D eigenvalue weighted by atomic mass is 9.88. The number of aliphatic carboxylic acids is 1. The van der Waals surface area contributed by atoms with E-state index in [2.05, 4.69) is 10.3 Å². The summed E-state index contributed by atoms with van der Waals surface area (Å²) in [5.74, 6) is -1.47. The van der Waals surface area contributed by atoms with Gasteiger partial charge in [0.05, 0.1) is 17.7 Å². The third kappa shape index (κ3) is 4.38. The van der Waals surface area contributed by atoms with Crippen LogP contribution in [0.5, 0.6) is 0 Å². The van der Waals surface area contributed by atoms with Crippen LogP contribution >= 0.6 is 11.6 Å². The number of carboxylic acid groups (broad SMARTS) is 1. The van der Waals surface area contributed by atoms with Gasteiger partial charge < -0.3 is 10.4 Å². The van der Waals surface area contributed by atoms with E-state index in [1.165, 1.54) is 0 Å². The van der Waals surface area contributed by atoms with Crippen LogP contribution in [0.4, 0.5) is 0 Å². The molecule has 0 aliphatic rings. The van der Waals surface area contributed by atoms with Crippen LogP contribution < -0.4 is 5.32 Å². The highest BCUT2D eigenvalue weighted by Gasteiger charge is 2.32. The van der Waals surface area contributed by atoms with E-state index in [4.69, 9.17) is 11.6 Å². The highest BCUT2D eigenvalue weighted by Crippen LogP contribution is 2.27. The second-order valence-corrected chi connectivity index (χ2v) is 7.02. The number of rotatable bonds is 6. The van der Waals surface area contributed by atoms with Crippen molar-refractivity contribution < 1.29 is 14.7 Å². The zero-order chi connectivity index (χ0) is 20.1. The molecule has 0 saturated heterocycles. The Hall–Kier alpha value is -3.18. The number of aromatic nitrogens is 1. The van der Waals surface area contributed by atoms with Crippen LogP contribution in [0.1, 0.15) is 29.4 Å². The first-order valence-electron chi connectivity index (χ1n) is 8.71. The second kappa shape index (κ2) is 8.23. The number of hydrogen-bond acceptors (Lipinski definition) is 3. The molecule has 1 amide bonds. The zero-order valence-electron chi connectivity index (χ0n) is 15.2. The summed E-state index contributed by atoms with van der Waals surface area (Å²) in [5, 5.41) is 12.7. The molecule has 0 saturated carbocycles. The molecule has 1 atom stereocenters. The molecule has 6 heteroatoms. The number of halogens is 1. The molecule has 1 heterocycles. The molecule has 0 bridgehead atoms. The van der Waals surface area contributed by atoms with E-state index in [-0.39, 0.29) is 12.1 Å². The third-order valence-electron chi connectivity index (χ3n) is 4.44. The van der Waals surface area contributed by atoms with Crippen molar-refractivity contribution in [3.05, 3.63) is 89.1 Å². The van der Waals surface area contributed by atoms with Crippen LogP contribution in [0, 0.1) is 0 Å². The molecule has 1 aromatic heterocycles. The van der Waals surface area contributed by atoms with Gasteiger partial charge in [0.1, 0.15) is 5.69 Å². The van der Waals surface area contributed by atoms with Crippen LogP contribution in [0.2, 0.25) is 5.02 Å². The number of nitrogens with one attached hydrogen (secondary N) is 1. The number of amides is 1. The largest absolute Gasteiger partial charge is 0.481 e. The number of carbonyl (C=O) groups excluding carboxylic acids is 1. The van der Waals surface area contributed by atoms with Crippen LogP contribution in [-0.4, -0.2) is 22.0 Å².